The first kappa shape index (κ1) is 27.1. The van der Waals surface area contributed by atoms with E-state index in [0.717, 1.165) is 25.7 Å². The quantitative estimate of drug-likeness (QED) is 0.298. The Morgan fingerprint density at radius 2 is 0.885 bits per heavy atom. The number of carboxylic acids is 2. The van der Waals surface area contributed by atoms with Crippen molar-refractivity contribution in [3.05, 3.63) is 0 Å². The highest BCUT2D eigenvalue weighted by Gasteiger charge is 2.10. The Hall–Kier alpha value is -1.14. The average Bonchev–Trinajstić information content (AvgIpc) is 2.60. The van der Waals surface area contributed by atoms with Crippen molar-refractivity contribution in [2.75, 3.05) is 0 Å². The van der Waals surface area contributed by atoms with Crippen LogP contribution >= 0.6 is 0 Å². The zero-order valence-electron chi connectivity index (χ0n) is 16.9. The summed E-state index contributed by atoms with van der Waals surface area (Å²) in [6.45, 7) is 4.36. The van der Waals surface area contributed by atoms with E-state index in [4.69, 9.17) is 21.7 Å². The summed E-state index contributed by atoms with van der Waals surface area (Å²) >= 11 is 0. The molecule has 0 fully saturated rings. The predicted molar refractivity (Wildman–Crippen MR) is 107 cm³/mol. The normalized spacial score (nSPS) is 12.8. The second-order valence-electron chi connectivity index (χ2n) is 7.00. The molecule has 0 aromatic rings. The number of rotatable bonds is 16. The first-order valence-corrected chi connectivity index (χ1v) is 10.3. The summed E-state index contributed by atoms with van der Waals surface area (Å²) in [7, 11) is 0. The van der Waals surface area contributed by atoms with Gasteiger partial charge in [0.2, 0.25) is 0 Å². The van der Waals surface area contributed by atoms with E-state index in [9.17, 15) is 9.59 Å². The summed E-state index contributed by atoms with van der Waals surface area (Å²) < 4.78 is 0. The molecule has 6 nitrogen and oxygen atoms in total. The topological polar surface area (TPSA) is 127 Å². The van der Waals surface area contributed by atoms with Crippen LogP contribution in [0.5, 0.6) is 0 Å². The molecule has 0 aliphatic rings. The smallest absolute Gasteiger partial charge is 0.320 e. The van der Waals surface area contributed by atoms with Crippen LogP contribution in [0.25, 0.3) is 0 Å². The predicted octanol–water partition coefficient (Wildman–Crippen LogP) is 4.30. The van der Waals surface area contributed by atoms with Gasteiger partial charge in [-0.2, -0.15) is 0 Å². The minimum atomic E-state index is -0.881. The molecule has 156 valence electrons. The van der Waals surface area contributed by atoms with Gasteiger partial charge in [0, 0.05) is 0 Å². The molecule has 0 spiro atoms. The molecular formula is C20H42N2O4. The third-order valence-electron chi connectivity index (χ3n) is 4.37. The molecule has 0 aromatic heterocycles. The number of unbranched alkanes of at least 4 members (excludes halogenated alkanes) is 10. The van der Waals surface area contributed by atoms with E-state index in [2.05, 4.69) is 13.8 Å². The molecule has 2 atom stereocenters. The average molecular weight is 375 g/mol. The van der Waals surface area contributed by atoms with E-state index in [1.807, 2.05) is 0 Å². The van der Waals surface area contributed by atoms with Crippen LogP contribution in [0.1, 0.15) is 104 Å². The van der Waals surface area contributed by atoms with Crippen LogP contribution in [0, 0.1) is 0 Å². The summed E-state index contributed by atoms with van der Waals surface area (Å²) in [5.41, 5.74) is 10.7. The molecular weight excluding hydrogens is 332 g/mol. The third kappa shape index (κ3) is 20.9. The molecule has 6 heteroatoms. The van der Waals surface area contributed by atoms with Crippen molar-refractivity contribution >= 4 is 11.9 Å². The highest BCUT2D eigenvalue weighted by Crippen LogP contribution is 2.08. The molecule has 0 saturated heterocycles. The highest BCUT2D eigenvalue weighted by atomic mass is 16.4. The van der Waals surface area contributed by atoms with E-state index < -0.39 is 24.0 Å². The largest absolute Gasteiger partial charge is 0.480 e. The van der Waals surface area contributed by atoms with Crippen LogP contribution in [0.4, 0.5) is 0 Å². The summed E-state index contributed by atoms with van der Waals surface area (Å²) in [5, 5.41) is 17.0. The SMILES string of the molecule is CCCCCCCCC(N)C(=O)O.CCCCCCCCC(N)C(=O)O. The first-order chi connectivity index (χ1) is 12.4. The maximum Gasteiger partial charge on any atom is 0.320 e. The second kappa shape index (κ2) is 20.2. The fourth-order valence-corrected chi connectivity index (χ4v) is 2.54. The lowest BCUT2D eigenvalue weighted by Crippen LogP contribution is -2.29. The van der Waals surface area contributed by atoms with E-state index in [0.29, 0.717) is 12.8 Å². The van der Waals surface area contributed by atoms with Crippen molar-refractivity contribution in [1.82, 2.24) is 0 Å². The van der Waals surface area contributed by atoms with Gasteiger partial charge in [-0.15, -0.1) is 0 Å². The number of hydrogen-bond acceptors (Lipinski definition) is 4. The van der Waals surface area contributed by atoms with Crippen molar-refractivity contribution < 1.29 is 19.8 Å². The third-order valence-corrected chi connectivity index (χ3v) is 4.37. The first-order valence-electron chi connectivity index (χ1n) is 10.3. The summed E-state index contributed by atoms with van der Waals surface area (Å²) in [6.07, 6.45) is 15.3. The van der Waals surface area contributed by atoms with Gasteiger partial charge in [0.05, 0.1) is 0 Å². The Bertz CT molecular complexity index is 306. The highest BCUT2D eigenvalue weighted by molar-refractivity contribution is 5.73. The maximum atomic E-state index is 10.3. The molecule has 26 heavy (non-hydrogen) atoms. The summed E-state index contributed by atoms with van der Waals surface area (Å²) in [5.74, 6) is -1.76. The van der Waals surface area contributed by atoms with Gasteiger partial charge in [-0.05, 0) is 12.8 Å². The van der Waals surface area contributed by atoms with Crippen LogP contribution in [0.15, 0.2) is 0 Å². The number of nitrogens with two attached hydrogens (primary N) is 2. The Morgan fingerprint density at radius 1 is 0.615 bits per heavy atom. The maximum absolute atomic E-state index is 10.3. The lowest BCUT2D eigenvalue weighted by Gasteiger charge is -2.05. The van der Waals surface area contributed by atoms with Gasteiger partial charge in [0.1, 0.15) is 12.1 Å². The molecule has 0 aliphatic heterocycles. The van der Waals surface area contributed by atoms with E-state index in [-0.39, 0.29) is 0 Å². The number of hydrogen-bond donors (Lipinski definition) is 4. The molecule has 0 radical (unpaired) electrons. The Kier molecular flexibility index (Phi) is 21.0. The minimum absolute atomic E-state index is 0.613. The van der Waals surface area contributed by atoms with Crippen LogP contribution in [-0.2, 0) is 9.59 Å². The fourth-order valence-electron chi connectivity index (χ4n) is 2.54. The van der Waals surface area contributed by atoms with Gasteiger partial charge < -0.3 is 21.7 Å². The molecule has 0 saturated carbocycles. The van der Waals surface area contributed by atoms with E-state index in [1.165, 1.54) is 51.4 Å². The summed E-state index contributed by atoms with van der Waals surface area (Å²) in [6, 6.07) is -1.32. The molecule has 0 bridgehead atoms. The zero-order chi connectivity index (χ0) is 20.2. The zero-order valence-corrected chi connectivity index (χ0v) is 16.9. The number of carboxylic acid groups (broad SMARTS) is 2. The van der Waals surface area contributed by atoms with Gasteiger partial charge >= 0.3 is 11.9 Å². The van der Waals surface area contributed by atoms with Crippen LogP contribution < -0.4 is 11.5 Å². The van der Waals surface area contributed by atoms with Crippen molar-refractivity contribution in [1.29, 1.82) is 0 Å². The molecule has 0 aliphatic carbocycles. The lowest BCUT2D eigenvalue weighted by molar-refractivity contribution is -0.139. The molecule has 2 unspecified atom stereocenters. The lowest BCUT2D eigenvalue weighted by atomic mass is 10.1. The van der Waals surface area contributed by atoms with Crippen LogP contribution in [-0.4, -0.2) is 34.2 Å². The van der Waals surface area contributed by atoms with Gasteiger partial charge in [0.15, 0.2) is 0 Å². The fraction of sp³-hybridized carbons (Fsp3) is 0.900. The Balaban J connectivity index is 0. The monoisotopic (exact) mass is 374 g/mol. The van der Waals surface area contributed by atoms with Gasteiger partial charge in [-0.25, -0.2) is 0 Å². The standard InChI is InChI=1S/2C10H21NO2/c2*1-2-3-4-5-6-7-8-9(11)10(12)13/h2*9H,2-8,11H2,1H3,(H,12,13). The summed E-state index contributed by atoms with van der Waals surface area (Å²) in [4.78, 5) is 20.7. The van der Waals surface area contributed by atoms with Gasteiger partial charge in [0.25, 0.3) is 0 Å². The van der Waals surface area contributed by atoms with E-state index >= 15 is 0 Å². The van der Waals surface area contributed by atoms with Crippen molar-refractivity contribution in [3.63, 3.8) is 0 Å². The van der Waals surface area contributed by atoms with E-state index in [1.54, 1.807) is 0 Å². The molecule has 0 heterocycles. The van der Waals surface area contributed by atoms with Gasteiger partial charge in [-0.1, -0.05) is 90.9 Å². The number of aliphatic carboxylic acids is 2. The van der Waals surface area contributed by atoms with Crippen molar-refractivity contribution in [2.24, 2.45) is 11.5 Å². The molecule has 0 aromatic carbocycles. The minimum Gasteiger partial charge on any atom is -0.480 e. The molecule has 0 rings (SSSR count). The molecule has 0 amide bonds. The van der Waals surface area contributed by atoms with Crippen molar-refractivity contribution in [2.45, 2.75) is 116 Å². The van der Waals surface area contributed by atoms with Gasteiger partial charge in [-0.3, -0.25) is 9.59 Å². The Labute approximate surface area is 159 Å². The number of carbonyl (C=O) groups is 2. The Morgan fingerprint density at radius 3 is 1.15 bits per heavy atom. The second-order valence-corrected chi connectivity index (χ2v) is 7.00. The van der Waals surface area contributed by atoms with Crippen LogP contribution in [0.3, 0.4) is 0 Å². The molecule has 6 N–H and O–H groups in total. The van der Waals surface area contributed by atoms with Crippen LogP contribution in [0.2, 0.25) is 0 Å². The van der Waals surface area contributed by atoms with Crippen molar-refractivity contribution in [3.8, 4) is 0 Å².